The van der Waals surface area contributed by atoms with Crippen molar-refractivity contribution in [3.05, 3.63) is 53.9 Å². The molecule has 6 heteroatoms. The molecule has 1 fully saturated rings. The molecule has 0 saturated carbocycles. The highest BCUT2D eigenvalue weighted by Crippen LogP contribution is 2.22. The summed E-state index contributed by atoms with van der Waals surface area (Å²) in [6.07, 6.45) is 4.60. The van der Waals surface area contributed by atoms with Crippen molar-refractivity contribution in [1.82, 2.24) is 14.9 Å². The molecule has 2 heterocycles. The number of carbonyl (C=O) groups excluding carboxylic acids is 1. The average molecular weight is 303 g/mol. The third kappa shape index (κ3) is 3.01. The van der Waals surface area contributed by atoms with Crippen LogP contribution in [-0.2, 0) is 16.6 Å². The molecule has 2 atom stereocenters. The monoisotopic (exact) mass is 303 g/mol. The smallest absolute Gasteiger partial charge is 0.249 e. The van der Waals surface area contributed by atoms with Gasteiger partial charge in [-0.15, -0.1) is 0 Å². The molecule has 0 spiro atoms. The lowest BCUT2D eigenvalue weighted by Gasteiger charge is -2.21. The summed E-state index contributed by atoms with van der Waals surface area (Å²) >= 11 is 0. The summed E-state index contributed by atoms with van der Waals surface area (Å²) in [6, 6.07) is 5.68. The Hall–Kier alpha value is -2.21. The first-order valence-corrected chi connectivity index (χ1v) is 7.30. The van der Waals surface area contributed by atoms with Gasteiger partial charge in [0.1, 0.15) is 23.8 Å². The predicted octanol–water partition coefficient (Wildman–Crippen LogP) is 1.94. The molecule has 0 bridgehead atoms. The van der Waals surface area contributed by atoms with Crippen LogP contribution in [0, 0.1) is 5.82 Å². The fourth-order valence-electron chi connectivity index (χ4n) is 2.66. The number of carbonyl (C=O) groups is 1. The van der Waals surface area contributed by atoms with Crippen molar-refractivity contribution in [2.24, 2.45) is 7.05 Å². The van der Waals surface area contributed by atoms with E-state index in [1.165, 1.54) is 12.1 Å². The van der Waals surface area contributed by atoms with E-state index in [0.717, 1.165) is 6.42 Å². The van der Waals surface area contributed by atoms with Gasteiger partial charge in [-0.25, -0.2) is 9.37 Å². The highest BCUT2D eigenvalue weighted by Gasteiger charge is 2.28. The van der Waals surface area contributed by atoms with Gasteiger partial charge in [-0.1, -0.05) is 12.1 Å². The highest BCUT2D eigenvalue weighted by atomic mass is 19.1. The maximum atomic E-state index is 13.5. The molecule has 1 N–H and O–H groups in total. The molecular weight excluding hydrogens is 285 g/mol. The summed E-state index contributed by atoms with van der Waals surface area (Å²) in [5, 5.41) is 2.93. The molecule has 0 aliphatic carbocycles. The van der Waals surface area contributed by atoms with Gasteiger partial charge in [-0.05, 0) is 30.5 Å². The van der Waals surface area contributed by atoms with Crippen LogP contribution in [0.4, 0.5) is 4.39 Å². The number of hydrogen-bond acceptors (Lipinski definition) is 3. The average Bonchev–Trinajstić information content (AvgIpc) is 3.16. The SMILES string of the molecule is Cn1ccnc1[C@@H](NC(=O)[C@@H]1CCCO1)c1cccc(F)c1. The summed E-state index contributed by atoms with van der Waals surface area (Å²) in [6.45, 7) is 0.602. The predicted molar refractivity (Wildman–Crippen MR) is 78.6 cm³/mol. The van der Waals surface area contributed by atoms with Gasteiger partial charge in [0.15, 0.2) is 0 Å². The van der Waals surface area contributed by atoms with Crippen LogP contribution >= 0.6 is 0 Å². The van der Waals surface area contributed by atoms with E-state index in [4.69, 9.17) is 4.74 Å². The summed E-state index contributed by atoms with van der Waals surface area (Å²) in [7, 11) is 1.84. The number of benzene rings is 1. The van der Waals surface area contributed by atoms with Crippen molar-refractivity contribution in [1.29, 1.82) is 0 Å². The van der Waals surface area contributed by atoms with Crippen molar-refractivity contribution in [2.45, 2.75) is 25.0 Å². The van der Waals surface area contributed by atoms with Crippen LogP contribution in [0.5, 0.6) is 0 Å². The minimum atomic E-state index is -0.507. The highest BCUT2D eigenvalue weighted by molar-refractivity contribution is 5.81. The molecule has 1 saturated heterocycles. The van der Waals surface area contributed by atoms with Crippen LogP contribution in [-0.4, -0.2) is 28.2 Å². The van der Waals surface area contributed by atoms with Crippen LogP contribution in [0.1, 0.15) is 30.3 Å². The van der Waals surface area contributed by atoms with Crippen molar-refractivity contribution >= 4 is 5.91 Å². The summed E-state index contributed by atoms with van der Waals surface area (Å²) in [5.74, 6) is 0.120. The zero-order valence-corrected chi connectivity index (χ0v) is 12.3. The van der Waals surface area contributed by atoms with E-state index >= 15 is 0 Å². The van der Waals surface area contributed by atoms with Gasteiger partial charge in [0.25, 0.3) is 0 Å². The number of imidazole rings is 1. The molecule has 1 aliphatic heterocycles. The minimum absolute atomic E-state index is 0.185. The van der Waals surface area contributed by atoms with E-state index < -0.39 is 12.1 Å². The molecule has 0 unspecified atom stereocenters. The van der Waals surface area contributed by atoms with Gasteiger partial charge >= 0.3 is 0 Å². The Labute approximate surface area is 128 Å². The van der Waals surface area contributed by atoms with Gasteiger partial charge in [0.2, 0.25) is 5.91 Å². The molecule has 22 heavy (non-hydrogen) atoms. The Bertz CT molecular complexity index is 665. The zero-order chi connectivity index (χ0) is 15.5. The van der Waals surface area contributed by atoms with E-state index in [0.29, 0.717) is 24.4 Å². The second-order valence-electron chi connectivity index (χ2n) is 5.39. The van der Waals surface area contributed by atoms with E-state index in [1.54, 1.807) is 24.5 Å². The topological polar surface area (TPSA) is 56.2 Å². The van der Waals surface area contributed by atoms with Gasteiger partial charge in [-0.3, -0.25) is 4.79 Å². The minimum Gasteiger partial charge on any atom is -0.368 e. The Kier molecular flexibility index (Phi) is 4.20. The molecule has 0 radical (unpaired) electrons. The fraction of sp³-hybridized carbons (Fsp3) is 0.375. The molecule has 1 aliphatic rings. The van der Waals surface area contributed by atoms with Crippen LogP contribution < -0.4 is 5.32 Å². The second kappa shape index (κ2) is 6.27. The maximum absolute atomic E-state index is 13.5. The van der Waals surface area contributed by atoms with Gasteiger partial charge in [-0.2, -0.15) is 0 Å². The van der Waals surface area contributed by atoms with Crippen molar-refractivity contribution in [3.63, 3.8) is 0 Å². The normalized spacial score (nSPS) is 19.1. The zero-order valence-electron chi connectivity index (χ0n) is 12.3. The van der Waals surface area contributed by atoms with Crippen molar-refractivity contribution < 1.29 is 13.9 Å². The second-order valence-corrected chi connectivity index (χ2v) is 5.39. The van der Waals surface area contributed by atoms with E-state index in [9.17, 15) is 9.18 Å². The molecular formula is C16H18FN3O2. The number of hydrogen-bond donors (Lipinski definition) is 1. The summed E-state index contributed by atoms with van der Waals surface area (Å²) < 4.78 is 20.8. The number of nitrogens with zero attached hydrogens (tertiary/aromatic N) is 2. The Morgan fingerprint density at radius 2 is 2.41 bits per heavy atom. The molecule has 1 aromatic heterocycles. The van der Waals surface area contributed by atoms with E-state index in [-0.39, 0.29) is 11.7 Å². The number of aryl methyl sites for hydroxylation is 1. The number of ether oxygens (including phenoxy) is 1. The van der Waals surface area contributed by atoms with Crippen molar-refractivity contribution in [2.75, 3.05) is 6.61 Å². The number of rotatable bonds is 4. The Morgan fingerprint density at radius 3 is 3.05 bits per heavy atom. The van der Waals surface area contributed by atoms with Crippen LogP contribution in [0.15, 0.2) is 36.7 Å². The van der Waals surface area contributed by atoms with Crippen molar-refractivity contribution in [3.8, 4) is 0 Å². The third-order valence-electron chi connectivity index (χ3n) is 3.81. The molecule has 116 valence electrons. The summed E-state index contributed by atoms with van der Waals surface area (Å²) in [4.78, 5) is 16.6. The Morgan fingerprint density at radius 1 is 1.55 bits per heavy atom. The van der Waals surface area contributed by atoms with Gasteiger partial charge in [0, 0.05) is 26.0 Å². The van der Waals surface area contributed by atoms with Gasteiger partial charge in [0.05, 0.1) is 0 Å². The fourth-order valence-corrected chi connectivity index (χ4v) is 2.66. The van der Waals surface area contributed by atoms with E-state index in [2.05, 4.69) is 10.3 Å². The lowest BCUT2D eigenvalue weighted by molar-refractivity contribution is -0.130. The largest absolute Gasteiger partial charge is 0.368 e. The van der Waals surface area contributed by atoms with Crippen LogP contribution in [0.25, 0.3) is 0 Å². The number of nitrogens with one attached hydrogen (secondary N) is 1. The van der Waals surface area contributed by atoms with Gasteiger partial charge < -0.3 is 14.6 Å². The molecule has 5 nitrogen and oxygen atoms in total. The molecule has 1 amide bonds. The maximum Gasteiger partial charge on any atom is 0.249 e. The number of aromatic nitrogens is 2. The standard InChI is InChI=1S/C16H18FN3O2/c1-20-8-7-18-15(20)14(11-4-2-5-12(17)10-11)19-16(21)13-6-3-9-22-13/h2,4-5,7-8,10,13-14H,3,6,9H2,1H3,(H,19,21)/t13-,14-/m0/s1. The first kappa shape index (κ1) is 14.7. The molecule has 3 rings (SSSR count). The third-order valence-corrected chi connectivity index (χ3v) is 3.81. The van der Waals surface area contributed by atoms with E-state index in [1.807, 2.05) is 11.6 Å². The molecule has 2 aromatic rings. The van der Waals surface area contributed by atoms with Crippen LogP contribution in [0.3, 0.4) is 0 Å². The quantitative estimate of drug-likeness (QED) is 0.939. The summed E-state index contributed by atoms with van der Waals surface area (Å²) in [5.41, 5.74) is 0.653. The number of halogens is 1. The first-order valence-electron chi connectivity index (χ1n) is 7.30. The lowest BCUT2D eigenvalue weighted by Crippen LogP contribution is -2.38. The number of amides is 1. The van der Waals surface area contributed by atoms with Crippen LogP contribution in [0.2, 0.25) is 0 Å². The molecule has 1 aromatic carbocycles. The first-order chi connectivity index (χ1) is 10.6. The lowest BCUT2D eigenvalue weighted by atomic mass is 10.1. The Balaban J connectivity index is 1.89.